The van der Waals surface area contributed by atoms with E-state index >= 15 is 0 Å². The van der Waals surface area contributed by atoms with E-state index in [2.05, 4.69) is 56.8 Å². The third-order valence-corrected chi connectivity index (χ3v) is 4.90. The number of thiazole rings is 1. The average Bonchev–Trinajstić information content (AvgIpc) is 3.05. The predicted octanol–water partition coefficient (Wildman–Crippen LogP) is 2.95. The summed E-state index contributed by atoms with van der Waals surface area (Å²) in [5.41, 5.74) is 2.33. The molecule has 5 nitrogen and oxygen atoms in total. The van der Waals surface area contributed by atoms with Crippen LogP contribution < -0.4 is 10.6 Å². The van der Waals surface area contributed by atoms with Gasteiger partial charge in [-0.1, -0.05) is 24.3 Å². The molecule has 0 amide bonds. The van der Waals surface area contributed by atoms with Gasteiger partial charge in [0, 0.05) is 49.2 Å². The van der Waals surface area contributed by atoms with Crippen LogP contribution in [0.1, 0.15) is 15.4 Å². The number of benzene rings is 1. The number of hydrogen-bond donors (Lipinski definition) is 2. The Kier molecular flexibility index (Phi) is 5.95. The minimum absolute atomic E-state index is 0.811. The van der Waals surface area contributed by atoms with Gasteiger partial charge in [-0.2, -0.15) is 0 Å². The van der Waals surface area contributed by atoms with E-state index < -0.39 is 0 Å². The molecule has 0 atom stereocenters. The van der Waals surface area contributed by atoms with Crippen LogP contribution in [0, 0.1) is 6.92 Å². The van der Waals surface area contributed by atoms with Crippen LogP contribution in [0.2, 0.25) is 0 Å². The van der Waals surface area contributed by atoms with Crippen molar-refractivity contribution in [1.82, 2.24) is 20.6 Å². The molecule has 0 aliphatic carbocycles. The molecule has 0 fully saturated rings. The first kappa shape index (κ1) is 17.4. The van der Waals surface area contributed by atoms with Gasteiger partial charge in [-0.05, 0) is 25.0 Å². The molecular formula is C19H23N5S. The van der Waals surface area contributed by atoms with Crippen molar-refractivity contribution < 1.29 is 0 Å². The third-order valence-electron chi connectivity index (χ3n) is 3.93. The molecule has 3 rings (SSSR count). The number of aliphatic imine (C=N–C) groups is 1. The normalized spacial score (nSPS) is 11.7. The second-order valence-electron chi connectivity index (χ2n) is 5.78. The van der Waals surface area contributed by atoms with Crippen LogP contribution in [0.3, 0.4) is 0 Å². The summed E-state index contributed by atoms with van der Waals surface area (Å²) in [6.45, 7) is 3.71. The van der Waals surface area contributed by atoms with Crippen molar-refractivity contribution in [2.24, 2.45) is 4.99 Å². The second-order valence-corrected chi connectivity index (χ2v) is 7.10. The maximum absolute atomic E-state index is 4.50. The van der Waals surface area contributed by atoms with Crippen molar-refractivity contribution in [2.75, 3.05) is 20.1 Å². The molecule has 2 aromatic heterocycles. The molecule has 0 spiro atoms. The van der Waals surface area contributed by atoms with Gasteiger partial charge in [-0.15, -0.1) is 11.3 Å². The number of guanidine groups is 1. The summed E-state index contributed by atoms with van der Waals surface area (Å²) in [4.78, 5) is 14.4. The van der Waals surface area contributed by atoms with Crippen molar-refractivity contribution >= 4 is 28.2 Å². The first-order valence-corrected chi connectivity index (χ1v) is 9.26. The zero-order valence-corrected chi connectivity index (χ0v) is 15.4. The van der Waals surface area contributed by atoms with E-state index in [-0.39, 0.29) is 0 Å². The number of pyridine rings is 1. The van der Waals surface area contributed by atoms with E-state index in [9.17, 15) is 0 Å². The molecular weight excluding hydrogens is 330 g/mol. The summed E-state index contributed by atoms with van der Waals surface area (Å²) < 4.78 is 0. The molecule has 3 aromatic rings. The van der Waals surface area contributed by atoms with Crippen LogP contribution in [0.5, 0.6) is 0 Å². The lowest BCUT2D eigenvalue weighted by atomic mass is 10.1. The number of nitrogens with one attached hydrogen (secondary N) is 2. The van der Waals surface area contributed by atoms with Gasteiger partial charge in [-0.25, -0.2) is 4.98 Å². The second kappa shape index (κ2) is 8.58. The number of aromatic nitrogens is 2. The van der Waals surface area contributed by atoms with Crippen LogP contribution in [0.4, 0.5) is 0 Å². The molecule has 0 unspecified atom stereocenters. The quantitative estimate of drug-likeness (QED) is 0.528. The maximum atomic E-state index is 4.50. The third kappa shape index (κ3) is 4.76. The molecule has 2 heterocycles. The Hall–Kier alpha value is -2.47. The van der Waals surface area contributed by atoms with Crippen LogP contribution >= 0.6 is 11.3 Å². The smallest absolute Gasteiger partial charge is 0.191 e. The zero-order valence-electron chi connectivity index (χ0n) is 14.6. The molecule has 0 bridgehead atoms. The largest absolute Gasteiger partial charge is 0.356 e. The highest BCUT2D eigenvalue weighted by Crippen LogP contribution is 2.16. The summed E-state index contributed by atoms with van der Waals surface area (Å²) in [5, 5.41) is 9.05. The van der Waals surface area contributed by atoms with Gasteiger partial charge in [0.15, 0.2) is 5.96 Å². The molecule has 6 heteroatoms. The summed E-state index contributed by atoms with van der Waals surface area (Å²) in [5.74, 6) is 0.821. The van der Waals surface area contributed by atoms with Crippen molar-refractivity contribution in [3.05, 3.63) is 58.2 Å². The number of fused-ring (bicyclic) bond motifs is 1. The molecule has 0 aliphatic heterocycles. The van der Waals surface area contributed by atoms with E-state index in [4.69, 9.17) is 0 Å². The first-order valence-electron chi connectivity index (χ1n) is 8.44. The predicted molar refractivity (Wildman–Crippen MR) is 105 cm³/mol. The van der Waals surface area contributed by atoms with Gasteiger partial charge in [-0.3, -0.25) is 9.98 Å². The summed E-state index contributed by atoms with van der Waals surface area (Å²) in [7, 11) is 1.79. The fraction of sp³-hybridized carbons (Fsp3) is 0.316. The SMILES string of the molecule is CN=C(NCCc1ncc(C)s1)NCCc1cccc2cccnc12. The first-order chi connectivity index (χ1) is 12.3. The van der Waals surface area contributed by atoms with Gasteiger partial charge < -0.3 is 10.6 Å². The van der Waals surface area contributed by atoms with Crippen molar-refractivity contribution in [3.8, 4) is 0 Å². The molecule has 0 radical (unpaired) electrons. The molecule has 0 aliphatic rings. The Labute approximate surface area is 152 Å². The number of para-hydroxylation sites is 1. The molecule has 0 saturated carbocycles. The van der Waals surface area contributed by atoms with Crippen molar-refractivity contribution in [2.45, 2.75) is 19.8 Å². The minimum atomic E-state index is 0.811. The van der Waals surface area contributed by atoms with E-state index in [1.54, 1.807) is 18.4 Å². The van der Waals surface area contributed by atoms with E-state index in [1.807, 2.05) is 18.5 Å². The number of aryl methyl sites for hydroxylation is 1. The molecule has 130 valence electrons. The Balaban J connectivity index is 1.48. The highest BCUT2D eigenvalue weighted by molar-refractivity contribution is 7.11. The summed E-state index contributed by atoms with van der Waals surface area (Å²) in [6.07, 6.45) is 5.58. The lowest BCUT2D eigenvalue weighted by Gasteiger charge is -2.12. The van der Waals surface area contributed by atoms with E-state index in [0.29, 0.717) is 0 Å². The lowest BCUT2D eigenvalue weighted by molar-refractivity contribution is 0.783. The van der Waals surface area contributed by atoms with Gasteiger partial charge in [0.25, 0.3) is 0 Å². The zero-order chi connectivity index (χ0) is 17.5. The van der Waals surface area contributed by atoms with Crippen molar-refractivity contribution in [3.63, 3.8) is 0 Å². The molecule has 1 aromatic carbocycles. The van der Waals surface area contributed by atoms with Gasteiger partial charge in [0.2, 0.25) is 0 Å². The Bertz CT molecular complexity index is 850. The monoisotopic (exact) mass is 353 g/mol. The molecule has 25 heavy (non-hydrogen) atoms. The fourth-order valence-electron chi connectivity index (χ4n) is 2.71. The Morgan fingerprint density at radius 1 is 1.08 bits per heavy atom. The highest BCUT2D eigenvalue weighted by Gasteiger charge is 2.03. The average molecular weight is 353 g/mol. The lowest BCUT2D eigenvalue weighted by Crippen LogP contribution is -2.39. The molecule has 2 N–H and O–H groups in total. The van der Waals surface area contributed by atoms with Crippen LogP contribution in [0.15, 0.2) is 47.7 Å². The fourth-order valence-corrected chi connectivity index (χ4v) is 3.50. The van der Waals surface area contributed by atoms with Crippen molar-refractivity contribution in [1.29, 1.82) is 0 Å². The van der Waals surface area contributed by atoms with E-state index in [0.717, 1.165) is 42.4 Å². The van der Waals surface area contributed by atoms with Crippen LogP contribution in [-0.2, 0) is 12.8 Å². The Morgan fingerprint density at radius 2 is 1.88 bits per heavy atom. The highest BCUT2D eigenvalue weighted by atomic mass is 32.1. The minimum Gasteiger partial charge on any atom is -0.356 e. The van der Waals surface area contributed by atoms with E-state index in [1.165, 1.54) is 15.8 Å². The van der Waals surface area contributed by atoms with Crippen LogP contribution in [-0.4, -0.2) is 36.1 Å². The van der Waals surface area contributed by atoms with Gasteiger partial charge in [0.05, 0.1) is 10.5 Å². The van der Waals surface area contributed by atoms with Gasteiger partial charge >= 0.3 is 0 Å². The number of nitrogens with zero attached hydrogens (tertiary/aromatic N) is 3. The summed E-state index contributed by atoms with van der Waals surface area (Å²) in [6, 6.07) is 10.4. The number of hydrogen-bond acceptors (Lipinski definition) is 4. The number of rotatable bonds is 6. The molecule has 0 saturated heterocycles. The maximum Gasteiger partial charge on any atom is 0.191 e. The topological polar surface area (TPSA) is 62.2 Å². The van der Waals surface area contributed by atoms with Crippen LogP contribution in [0.25, 0.3) is 10.9 Å². The standard InChI is InChI=1S/C19H23N5S/c1-14-13-24-17(25-14)9-12-23-19(20-2)22-11-8-16-6-3-5-15-7-4-10-21-18(15)16/h3-7,10,13H,8-9,11-12H2,1-2H3,(H2,20,22,23). The summed E-state index contributed by atoms with van der Waals surface area (Å²) >= 11 is 1.74. The van der Waals surface area contributed by atoms with Gasteiger partial charge in [0.1, 0.15) is 0 Å². The Morgan fingerprint density at radius 3 is 2.64 bits per heavy atom.